The molecular formula is C16H15N3O5S. The number of rotatable bonds is 3. The Kier molecular flexibility index (Phi) is 4.19. The van der Waals surface area contributed by atoms with E-state index in [4.69, 9.17) is 5.11 Å². The van der Waals surface area contributed by atoms with Crippen LogP contribution in [0.25, 0.3) is 0 Å². The van der Waals surface area contributed by atoms with Crippen LogP contribution in [-0.4, -0.2) is 31.6 Å². The molecule has 1 heterocycles. The molecule has 0 radical (unpaired) electrons. The molecule has 1 atom stereocenters. The van der Waals surface area contributed by atoms with Crippen molar-refractivity contribution in [1.29, 1.82) is 0 Å². The number of para-hydroxylation sites is 1. The highest BCUT2D eigenvalue weighted by Gasteiger charge is 2.33. The number of hydrogen-bond acceptors (Lipinski definition) is 5. The van der Waals surface area contributed by atoms with Gasteiger partial charge in [-0.15, -0.1) is 0 Å². The summed E-state index contributed by atoms with van der Waals surface area (Å²) < 4.78 is 26.7. The molecule has 4 N–H and O–H groups in total. The summed E-state index contributed by atoms with van der Waals surface area (Å²) in [5.41, 5.74) is 1.28. The summed E-state index contributed by atoms with van der Waals surface area (Å²) >= 11 is 0. The molecule has 0 unspecified atom stereocenters. The maximum absolute atomic E-state index is 12.5. The lowest BCUT2D eigenvalue weighted by atomic mass is 10.1. The predicted molar refractivity (Wildman–Crippen MR) is 90.9 cm³/mol. The smallest absolute Gasteiger partial charge is 0.335 e. The molecule has 0 spiro atoms. The predicted octanol–water partition coefficient (Wildman–Crippen LogP) is 1.36. The van der Waals surface area contributed by atoms with Crippen LogP contribution in [0.15, 0.2) is 47.4 Å². The van der Waals surface area contributed by atoms with Crippen LogP contribution in [0.5, 0.6) is 0 Å². The number of carboxylic acid groups (broad SMARTS) is 1. The van der Waals surface area contributed by atoms with Gasteiger partial charge in [0.05, 0.1) is 11.3 Å². The minimum absolute atomic E-state index is 0.0171. The Morgan fingerprint density at radius 1 is 1.16 bits per heavy atom. The lowest BCUT2D eigenvalue weighted by Crippen LogP contribution is -2.51. The van der Waals surface area contributed by atoms with Crippen LogP contribution in [-0.2, 0) is 14.8 Å². The molecule has 1 aliphatic rings. The molecule has 0 saturated heterocycles. The number of sulfonamides is 1. The highest BCUT2D eigenvalue weighted by Crippen LogP contribution is 2.26. The van der Waals surface area contributed by atoms with E-state index in [2.05, 4.69) is 15.4 Å². The van der Waals surface area contributed by atoms with Gasteiger partial charge in [0.1, 0.15) is 4.90 Å². The fourth-order valence-corrected chi connectivity index (χ4v) is 3.71. The van der Waals surface area contributed by atoms with Crippen LogP contribution >= 0.6 is 0 Å². The molecule has 8 nitrogen and oxygen atoms in total. The summed E-state index contributed by atoms with van der Waals surface area (Å²) in [6, 6.07) is 10.5. The number of aromatic carboxylic acids is 1. The zero-order chi connectivity index (χ0) is 18.2. The molecule has 3 rings (SSSR count). The van der Waals surface area contributed by atoms with E-state index in [1.165, 1.54) is 18.2 Å². The first kappa shape index (κ1) is 16.9. The Balaban J connectivity index is 1.86. The monoisotopic (exact) mass is 361 g/mol. The van der Waals surface area contributed by atoms with Crippen molar-refractivity contribution in [2.75, 3.05) is 10.6 Å². The molecule has 0 fully saturated rings. The number of carbonyl (C=O) groups excluding carboxylic acids is 1. The Labute approximate surface area is 143 Å². The number of carbonyl (C=O) groups is 2. The zero-order valence-electron chi connectivity index (χ0n) is 13.1. The number of fused-ring (bicyclic) bond motifs is 1. The standard InChI is InChI=1S/C16H15N3O5S/c1-9-6-7-10(16(21)22)8-12(9)18-15(20)14-17-11-4-2-3-5-13(11)25(23,24)19-14/h2-8,14,17,19H,1H3,(H,18,20)(H,21,22)/t14-/m1/s1. The van der Waals surface area contributed by atoms with Crippen molar-refractivity contribution in [3.05, 3.63) is 53.6 Å². The van der Waals surface area contributed by atoms with Gasteiger partial charge in [0.15, 0.2) is 6.17 Å². The molecule has 0 aromatic heterocycles. The van der Waals surface area contributed by atoms with Gasteiger partial charge in [-0.2, -0.15) is 4.72 Å². The van der Waals surface area contributed by atoms with Gasteiger partial charge in [0, 0.05) is 5.69 Å². The van der Waals surface area contributed by atoms with Crippen molar-refractivity contribution in [2.24, 2.45) is 0 Å². The summed E-state index contributed by atoms with van der Waals surface area (Å²) in [7, 11) is -3.83. The van der Waals surface area contributed by atoms with Crippen LogP contribution in [0.2, 0.25) is 0 Å². The first-order valence-corrected chi connectivity index (χ1v) is 8.79. The summed E-state index contributed by atoms with van der Waals surface area (Å²) in [6.45, 7) is 1.70. The average molecular weight is 361 g/mol. The van der Waals surface area contributed by atoms with E-state index < -0.39 is 28.1 Å². The van der Waals surface area contributed by atoms with Crippen LogP contribution in [0.3, 0.4) is 0 Å². The van der Waals surface area contributed by atoms with E-state index in [0.29, 0.717) is 16.9 Å². The number of carboxylic acids is 1. The van der Waals surface area contributed by atoms with Crippen molar-refractivity contribution < 1.29 is 23.1 Å². The molecule has 1 amide bonds. The summed E-state index contributed by atoms with van der Waals surface area (Å²) in [5.74, 6) is -1.77. The minimum Gasteiger partial charge on any atom is -0.478 e. The first-order chi connectivity index (χ1) is 11.8. The van der Waals surface area contributed by atoms with Gasteiger partial charge in [-0.05, 0) is 36.8 Å². The molecule has 1 aliphatic heterocycles. The molecule has 9 heteroatoms. The third-order valence-corrected chi connectivity index (χ3v) is 5.24. The Morgan fingerprint density at radius 2 is 1.88 bits per heavy atom. The van der Waals surface area contributed by atoms with Gasteiger partial charge in [-0.3, -0.25) is 4.79 Å². The lowest BCUT2D eigenvalue weighted by molar-refractivity contribution is -0.117. The lowest BCUT2D eigenvalue weighted by Gasteiger charge is -2.27. The van der Waals surface area contributed by atoms with E-state index >= 15 is 0 Å². The minimum atomic E-state index is -3.83. The molecule has 0 saturated carbocycles. The number of nitrogens with one attached hydrogen (secondary N) is 3. The van der Waals surface area contributed by atoms with Crippen molar-refractivity contribution in [3.8, 4) is 0 Å². The molecule has 2 aromatic rings. The van der Waals surface area contributed by atoms with Gasteiger partial charge in [-0.1, -0.05) is 18.2 Å². The van der Waals surface area contributed by atoms with Crippen LogP contribution in [0.1, 0.15) is 15.9 Å². The number of anilines is 2. The molecule has 0 bridgehead atoms. The Hall–Kier alpha value is -2.91. The number of hydrogen-bond donors (Lipinski definition) is 4. The average Bonchev–Trinajstić information content (AvgIpc) is 2.56. The van der Waals surface area contributed by atoms with E-state index in [1.54, 1.807) is 31.2 Å². The summed E-state index contributed by atoms with van der Waals surface area (Å²) in [4.78, 5) is 23.6. The number of aryl methyl sites for hydroxylation is 1. The highest BCUT2D eigenvalue weighted by molar-refractivity contribution is 7.89. The highest BCUT2D eigenvalue weighted by atomic mass is 32.2. The molecule has 25 heavy (non-hydrogen) atoms. The topological polar surface area (TPSA) is 125 Å². The van der Waals surface area contributed by atoms with Gasteiger partial charge in [-0.25, -0.2) is 13.2 Å². The van der Waals surface area contributed by atoms with Crippen LogP contribution < -0.4 is 15.4 Å². The van der Waals surface area contributed by atoms with Crippen molar-refractivity contribution in [1.82, 2.24) is 4.72 Å². The quantitative estimate of drug-likeness (QED) is 0.654. The van der Waals surface area contributed by atoms with E-state index in [9.17, 15) is 18.0 Å². The summed E-state index contributed by atoms with van der Waals surface area (Å²) in [5, 5.41) is 14.4. The zero-order valence-corrected chi connectivity index (χ0v) is 13.9. The normalized spacial score (nSPS) is 17.9. The number of amides is 1. The SMILES string of the molecule is Cc1ccc(C(=O)O)cc1NC(=O)[C@@H]1Nc2ccccc2S(=O)(=O)N1. The van der Waals surface area contributed by atoms with Gasteiger partial charge < -0.3 is 15.7 Å². The number of benzene rings is 2. The van der Waals surface area contributed by atoms with E-state index in [0.717, 1.165) is 0 Å². The Morgan fingerprint density at radius 3 is 2.60 bits per heavy atom. The summed E-state index contributed by atoms with van der Waals surface area (Å²) in [6.07, 6.45) is -1.22. The van der Waals surface area contributed by atoms with Crippen molar-refractivity contribution in [2.45, 2.75) is 18.0 Å². The Bertz CT molecular complexity index is 971. The van der Waals surface area contributed by atoms with E-state index in [1.807, 2.05) is 0 Å². The van der Waals surface area contributed by atoms with Crippen LogP contribution in [0, 0.1) is 6.92 Å². The first-order valence-electron chi connectivity index (χ1n) is 7.30. The maximum atomic E-state index is 12.5. The van der Waals surface area contributed by atoms with Crippen molar-refractivity contribution in [3.63, 3.8) is 0 Å². The second-order valence-corrected chi connectivity index (χ2v) is 7.20. The molecular weight excluding hydrogens is 346 g/mol. The van der Waals surface area contributed by atoms with Crippen molar-refractivity contribution >= 4 is 33.3 Å². The van der Waals surface area contributed by atoms with Gasteiger partial charge >= 0.3 is 5.97 Å². The van der Waals surface area contributed by atoms with Gasteiger partial charge in [0.25, 0.3) is 5.91 Å². The molecule has 130 valence electrons. The van der Waals surface area contributed by atoms with Crippen LogP contribution in [0.4, 0.5) is 11.4 Å². The van der Waals surface area contributed by atoms with E-state index in [-0.39, 0.29) is 10.5 Å². The second kappa shape index (κ2) is 6.19. The third-order valence-electron chi connectivity index (χ3n) is 3.75. The largest absolute Gasteiger partial charge is 0.478 e. The molecule has 2 aromatic carbocycles. The third kappa shape index (κ3) is 3.32. The van der Waals surface area contributed by atoms with Gasteiger partial charge in [0.2, 0.25) is 10.0 Å². The molecule has 0 aliphatic carbocycles. The fourth-order valence-electron chi connectivity index (χ4n) is 2.44. The second-order valence-electron chi connectivity index (χ2n) is 5.52. The maximum Gasteiger partial charge on any atom is 0.335 e. The fraction of sp³-hybridized carbons (Fsp3) is 0.125.